The Morgan fingerprint density at radius 1 is 1.09 bits per heavy atom. The molecule has 3 aliphatic rings. The van der Waals surface area contributed by atoms with Crippen LogP contribution in [0.4, 0.5) is 5.69 Å². The molecule has 32 heavy (non-hydrogen) atoms. The zero-order valence-corrected chi connectivity index (χ0v) is 18.3. The van der Waals surface area contributed by atoms with Crippen molar-refractivity contribution < 1.29 is 14.3 Å². The number of halogens is 2. The van der Waals surface area contributed by atoms with Crippen molar-refractivity contribution in [1.82, 2.24) is 0 Å². The van der Waals surface area contributed by atoms with E-state index in [2.05, 4.69) is 6.07 Å². The van der Waals surface area contributed by atoms with Crippen LogP contribution in [0, 0.1) is 11.3 Å². The largest absolute Gasteiger partial charge is 0.444 e. The Hall–Kier alpha value is -3.27. The highest BCUT2D eigenvalue weighted by atomic mass is 35.5. The quantitative estimate of drug-likeness (QED) is 0.703. The van der Waals surface area contributed by atoms with Gasteiger partial charge in [-0.2, -0.15) is 5.26 Å². The first-order chi connectivity index (χ1) is 15.4. The first-order valence-corrected chi connectivity index (χ1v) is 10.9. The molecule has 1 spiro atoms. The number of hydrogen-bond acceptors (Lipinski definition) is 5. The third-order valence-corrected chi connectivity index (χ3v) is 6.96. The normalized spacial score (nSPS) is 22.1. The SMILES string of the molecule is N#CC1=C(N)OC2=C(C(=O)CCC2)C12C(=O)N(Cc1c(Cl)cccc1Cl)c1ccccc12. The molecule has 2 N–H and O–H groups in total. The van der Waals surface area contributed by atoms with Crippen LogP contribution < -0.4 is 10.6 Å². The first kappa shape index (κ1) is 20.6. The second kappa shape index (κ2) is 7.40. The van der Waals surface area contributed by atoms with Crippen molar-refractivity contribution in [1.29, 1.82) is 5.26 Å². The number of rotatable bonds is 2. The number of allylic oxidation sites excluding steroid dienone is 1. The monoisotopic (exact) mass is 465 g/mol. The number of anilines is 1. The van der Waals surface area contributed by atoms with E-state index < -0.39 is 11.3 Å². The number of nitrogens with zero attached hydrogens (tertiary/aromatic N) is 2. The predicted molar refractivity (Wildman–Crippen MR) is 120 cm³/mol. The van der Waals surface area contributed by atoms with Gasteiger partial charge in [0.2, 0.25) is 11.8 Å². The second-order valence-corrected chi connectivity index (χ2v) is 8.70. The van der Waals surface area contributed by atoms with Crippen LogP contribution in [0.25, 0.3) is 0 Å². The molecule has 2 aromatic rings. The van der Waals surface area contributed by atoms with E-state index in [1.165, 1.54) is 4.90 Å². The number of carbonyl (C=O) groups excluding carboxylic acids is 2. The molecular formula is C24H17Cl2N3O3. The number of nitriles is 1. The Morgan fingerprint density at radius 2 is 1.81 bits per heavy atom. The van der Waals surface area contributed by atoms with Crippen molar-refractivity contribution >= 4 is 40.6 Å². The number of ether oxygens (including phenoxy) is 1. The summed E-state index contributed by atoms with van der Waals surface area (Å²) in [5.41, 5.74) is 6.30. The van der Waals surface area contributed by atoms with Crippen LogP contribution >= 0.6 is 23.2 Å². The number of hydrogen-bond donors (Lipinski definition) is 1. The van der Waals surface area contributed by atoms with Gasteiger partial charge in [0.15, 0.2) is 5.78 Å². The minimum Gasteiger partial charge on any atom is -0.444 e. The Morgan fingerprint density at radius 3 is 2.53 bits per heavy atom. The lowest BCUT2D eigenvalue weighted by atomic mass is 9.65. The average molecular weight is 466 g/mol. The van der Waals surface area contributed by atoms with E-state index in [1.807, 2.05) is 0 Å². The number of Topliss-reactive ketones (excluding diaryl/α,β-unsaturated/α-hetero) is 1. The van der Waals surface area contributed by atoms with Crippen LogP contribution in [-0.2, 0) is 26.3 Å². The van der Waals surface area contributed by atoms with Crippen LogP contribution in [0.3, 0.4) is 0 Å². The van der Waals surface area contributed by atoms with Crippen LogP contribution in [0.1, 0.15) is 30.4 Å². The van der Waals surface area contributed by atoms with Gasteiger partial charge >= 0.3 is 0 Å². The van der Waals surface area contributed by atoms with Crippen LogP contribution in [0.5, 0.6) is 0 Å². The van der Waals surface area contributed by atoms with Crippen molar-refractivity contribution in [3.8, 4) is 6.07 Å². The fraction of sp³-hybridized carbons (Fsp3) is 0.208. The predicted octanol–water partition coefficient (Wildman–Crippen LogP) is 4.51. The molecule has 1 amide bonds. The maximum Gasteiger partial charge on any atom is 0.248 e. The number of benzene rings is 2. The van der Waals surface area contributed by atoms with Crippen molar-refractivity contribution in [3.63, 3.8) is 0 Å². The molecular weight excluding hydrogens is 449 g/mol. The fourth-order valence-electron chi connectivity index (χ4n) is 4.90. The second-order valence-electron chi connectivity index (χ2n) is 7.89. The number of ketones is 1. The van der Waals surface area contributed by atoms with Gasteiger partial charge < -0.3 is 15.4 Å². The summed E-state index contributed by atoms with van der Waals surface area (Å²) in [5, 5.41) is 10.9. The first-order valence-electron chi connectivity index (χ1n) is 10.1. The van der Waals surface area contributed by atoms with Crippen molar-refractivity contribution in [3.05, 3.63) is 86.4 Å². The molecule has 0 saturated heterocycles. The molecule has 0 aromatic heterocycles. The van der Waals surface area contributed by atoms with Gasteiger partial charge in [-0.3, -0.25) is 9.59 Å². The molecule has 0 bridgehead atoms. The summed E-state index contributed by atoms with van der Waals surface area (Å²) in [6.45, 7) is 0.0758. The van der Waals surface area contributed by atoms with E-state index in [0.717, 1.165) is 0 Å². The molecule has 0 fully saturated rings. The summed E-state index contributed by atoms with van der Waals surface area (Å²) in [5.74, 6) is -0.451. The zero-order valence-electron chi connectivity index (χ0n) is 16.8. The van der Waals surface area contributed by atoms with Crippen LogP contribution in [-0.4, -0.2) is 11.7 Å². The zero-order chi connectivity index (χ0) is 22.6. The Kier molecular flexibility index (Phi) is 4.77. The van der Waals surface area contributed by atoms with E-state index >= 15 is 0 Å². The van der Waals surface area contributed by atoms with E-state index in [4.69, 9.17) is 33.7 Å². The van der Waals surface area contributed by atoms with Gasteiger partial charge in [-0.25, -0.2) is 0 Å². The number of nitrogens with two attached hydrogens (primary N) is 1. The Balaban J connectivity index is 1.78. The highest BCUT2D eigenvalue weighted by molar-refractivity contribution is 6.36. The number of fused-ring (bicyclic) bond motifs is 3. The minimum atomic E-state index is -1.64. The lowest BCUT2D eigenvalue weighted by Crippen LogP contribution is -2.49. The van der Waals surface area contributed by atoms with Gasteiger partial charge in [0.05, 0.1) is 12.1 Å². The lowest BCUT2D eigenvalue weighted by Gasteiger charge is -2.37. The summed E-state index contributed by atoms with van der Waals surface area (Å²) >= 11 is 12.8. The molecule has 6 nitrogen and oxygen atoms in total. The average Bonchev–Trinajstić information content (AvgIpc) is 3.00. The molecule has 1 atom stereocenters. The Labute approximate surface area is 194 Å². The van der Waals surface area contributed by atoms with E-state index in [0.29, 0.717) is 45.5 Å². The molecule has 0 saturated carbocycles. The van der Waals surface area contributed by atoms with Gasteiger partial charge in [0.25, 0.3) is 0 Å². The number of para-hydroxylation sites is 1. The van der Waals surface area contributed by atoms with E-state index in [-0.39, 0.29) is 35.8 Å². The van der Waals surface area contributed by atoms with Crippen molar-refractivity contribution in [2.45, 2.75) is 31.2 Å². The van der Waals surface area contributed by atoms with E-state index in [1.54, 1.807) is 42.5 Å². The summed E-state index contributed by atoms with van der Waals surface area (Å²) in [6.07, 6.45) is 1.33. The number of carbonyl (C=O) groups is 2. The van der Waals surface area contributed by atoms with Gasteiger partial charge in [0, 0.05) is 39.7 Å². The van der Waals surface area contributed by atoms with Crippen molar-refractivity contribution in [2.75, 3.05) is 4.90 Å². The Bertz CT molecular complexity index is 1290. The maximum atomic E-state index is 14.2. The lowest BCUT2D eigenvalue weighted by molar-refractivity contribution is -0.124. The number of amides is 1. The van der Waals surface area contributed by atoms with Crippen LogP contribution in [0.15, 0.2) is 65.3 Å². The molecule has 2 heterocycles. The molecule has 8 heteroatoms. The van der Waals surface area contributed by atoms with E-state index in [9.17, 15) is 14.9 Å². The summed E-state index contributed by atoms with van der Waals surface area (Å²) in [6, 6.07) is 14.3. The minimum absolute atomic E-state index is 0.0725. The van der Waals surface area contributed by atoms with Gasteiger partial charge in [-0.15, -0.1) is 0 Å². The third-order valence-electron chi connectivity index (χ3n) is 6.25. The molecule has 1 unspecified atom stereocenters. The smallest absolute Gasteiger partial charge is 0.248 e. The van der Waals surface area contributed by atoms with Crippen molar-refractivity contribution in [2.24, 2.45) is 5.73 Å². The summed E-state index contributed by atoms with van der Waals surface area (Å²) in [4.78, 5) is 28.9. The molecule has 1 aliphatic carbocycles. The van der Waals surface area contributed by atoms with Crippen LogP contribution in [0.2, 0.25) is 10.0 Å². The highest BCUT2D eigenvalue weighted by Gasteiger charge is 2.62. The molecule has 5 rings (SSSR count). The molecule has 0 radical (unpaired) electrons. The molecule has 2 aliphatic heterocycles. The standard InChI is InChI=1S/C24H17Cl2N3O3/c25-16-6-3-7-17(26)13(16)12-29-18-8-2-1-5-14(18)24(23(29)31)15(11-27)22(28)32-20-10-4-9-19(30)21(20)24/h1-3,5-8H,4,9-10,12,28H2. The third kappa shape index (κ3) is 2.65. The maximum absolute atomic E-state index is 14.2. The highest BCUT2D eigenvalue weighted by Crippen LogP contribution is 2.56. The summed E-state index contributed by atoms with van der Waals surface area (Å²) < 4.78 is 5.69. The summed E-state index contributed by atoms with van der Waals surface area (Å²) in [7, 11) is 0. The van der Waals surface area contributed by atoms with Gasteiger partial charge in [0.1, 0.15) is 22.8 Å². The van der Waals surface area contributed by atoms with Gasteiger partial charge in [-0.1, -0.05) is 47.5 Å². The topological polar surface area (TPSA) is 96.4 Å². The molecule has 160 valence electrons. The molecule has 2 aromatic carbocycles. The fourth-order valence-corrected chi connectivity index (χ4v) is 5.42. The van der Waals surface area contributed by atoms with Gasteiger partial charge in [-0.05, 0) is 24.6 Å².